The van der Waals surface area contributed by atoms with Gasteiger partial charge in [0.1, 0.15) is 0 Å². The van der Waals surface area contributed by atoms with E-state index in [0.717, 1.165) is 13.1 Å². The van der Waals surface area contributed by atoms with Crippen LogP contribution < -0.4 is 58.2 Å². The van der Waals surface area contributed by atoms with E-state index in [1.807, 2.05) is 0 Å². The minimum Gasteiger partial charge on any atom is -0.411 e. The fourth-order valence-corrected chi connectivity index (χ4v) is 2.12. The van der Waals surface area contributed by atoms with Crippen LogP contribution in [0.25, 0.3) is 0 Å². The van der Waals surface area contributed by atoms with Gasteiger partial charge in [-0.15, -0.1) is 0 Å². The number of thiocarbonyl (C=S) groups is 1. The predicted molar refractivity (Wildman–Crippen MR) is 79.8 cm³/mol. The Labute approximate surface area is 168 Å². The number of hydrogen-bond donors (Lipinski definition) is 0. The van der Waals surface area contributed by atoms with E-state index in [4.69, 9.17) is 24.8 Å². The molecule has 0 aromatic rings. The van der Waals surface area contributed by atoms with Crippen molar-refractivity contribution in [3.63, 3.8) is 0 Å². The molecule has 0 fully saturated rings. The number of unbranched alkanes of at least 4 members (excludes halogenated alkanes) is 6. The van der Waals surface area contributed by atoms with Crippen molar-refractivity contribution in [3.05, 3.63) is 0 Å². The molecule has 0 aromatic carbocycles. The summed E-state index contributed by atoms with van der Waals surface area (Å²) in [5.74, 6) is 0. The van der Waals surface area contributed by atoms with Crippen molar-refractivity contribution in [2.45, 2.75) is 65.2 Å². The molecule has 0 bridgehead atoms. The zero-order valence-corrected chi connectivity index (χ0v) is 18.4. The van der Waals surface area contributed by atoms with Gasteiger partial charge in [0.25, 0.3) is 0 Å². The van der Waals surface area contributed by atoms with Crippen molar-refractivity contribution in [1.29, 1.82) is 0 Å². The molecular weight excluding hydrogens is 320 g/mol. The minimum absolute atomic E-state index is 0. The molecule has 96 valence electrons. The molecule has 0 heterocycles. The van der Waals surface area contributed by atoms with E-state index < -0.39 is 0 Å². The quantitative estimate of drug-likeness (QED) is 0.334. The van der Waals surface area contributed by atoms with Crippen molar-refractivity contribution in [1.82, 2.24) is 4.90 Å². The van der Waals surface area contributed by atoms with Gasteiger partial charge in [-0.05, 0) is 12.8 Å². The Morgan fingerprint density at radius 3 is 1.59 bits per heavy atom. The minimum atomic E-state index is 0. The number of rotatable bonds is 10. The molecule has 0 aliphatic heterocycles. The summed E-state index contributed by atoms with van der Waals surface area (Å²) in [4.78, 5) is 2.20. The van der Waals surface area contributed by atoms with Gasteiger partial charge < -0.3 is 29.7 Å². The van der Waals surface area contributed by atoms with Crippen molar-refractivity contribution < 1.29 is 58.2 Å². The first-order valence-electron chi connectivity index (χ1n) is 6.68. The molecule has 0 unspecified atom stereocenters. The maximum atomic E-state index is 5.11. The van der Waals surface area contributed by atoms with Gasteiger partial charge in [0.2, 0.25) is 0 Å². The van der Waals surface area contributed by atoms with Crippen molar-refractivity contribution >= 4 is 29.2 Å². The molecular formula is C13H26NRbS2. The summed E-state index contributed by atoms with van der Waals surface area (Å²) in [6.45, 7) is 6.60. The smallest absolute Gasteiger partial charge is 0.411 e. The Kier molecular flexibility index (Phi) is 19.9. The Bertz CT molecular complexity index is 165. The second kappa shape index (κ2) is 16.0. The first kappa shape index (κ1) is 21.2. The Morgan fingerprint density at radius 1 is 0.882 bits per heavy atom. The molecule has 0 radical (unpaired) electrons. The van der Waals surface area contributed by atoms with Crippen LogP contribution in [0.15, 0.2) is 0 Å². The van der Waals surface area contributed by atoms with Crippen LogP contribution in [0, 0.1) is 0 Å². The monoisotopic (exact) mass is 345 g/mol. The van der Waals surface area contributed by atoms with Crippen LogP contribution in [0.5, 0.6) is 0 Å². The fourth-order valence-electron chi connectivity index (χ4n) is 1.75. The van der Waals surface area contributed by atoms with Crippen LogP contribution in [-0.4, -0.2) is 22.3 Å². The fraction of sp³-hybridized carbons (Fsp3) is 0.923. The van der Waals surface area contributed by atoms with Gasteiger partial charge in [-0.1, -0.05) is 56.7 Å². The average Bonchev–Trinajstić information content (AvgIpc) is 2.26. The first-order valence-corrected chi connectivity index (χ1v) is 7.50. The molecule has 0 spiro atoms. The van der Waals surface area contributed by atoms with Crippen LogP contribution in [0.1, 0.15) is 65.2 Å². The zero-order valence-electron chi connectivity index (χ0n) is 11.8. The topological polar surface area (TPSA) is 3.24 Å². The molecule has 4 heteroatoms. The summed E-state index contributed by atoms with van der Waals surface area (Å²) in [6.07, 6.45) is 10.3. The van der Waals surface area contributed by atoms with E-state index >= 15 is 0 Å². The van der Waals surface area contributed by atoms with E-state index in [1.165, 1.54) is 51.4 Å². The van der Waals surface area contributed by atoms with Gasteiger partial charge in [0.15, 0.2) is 0 Å². The average molecular weight is 346 g/mol. The molecule has 0 aliphatic carbocycles. The molecule has 0 rings (SSSR count). The molecule has 0 aliphatic rings. The third-order valence-electron chi connectivity index (χ3n) is 2.82. The molecule has 0 N–H and O–H groups in total. The van der Waals surface area contributed by atoms with Gasteiger partial charge in [0, 0.05) is 13.1 Å². The second-order valence-electron chi connectivity index (χ2n) is 4.37. The SMILES string of the molecule is CCCCCCN(CCCCCC)C(=S)[S-].[Rb+]. The summed E-state index contributed by atoms with van der Waals surface area (Å²) in [5, 5.41) is 0. The van der Waals surface area contributed by atoms with Crippen LogP contribution >= 0.6 is 12.2 Å². The Balaban J connectivity index is 0. The van der Waals surface area contributed by atoms with E-state index in [1.54, 1.807) is 0 Å². The predicted octanol–water partition coefficient (Wildman–Crippen LogP) is 1.28. The molecule has 0 atom stereocenters. The summed E-state index contributed by atoms with van der Waals surface area (Å²) in [5.41, 5.74) is 0. The second-order valence-corrected chi connectivity index (χ2v) is 5.41. The van der Waals surface area contributed by atoms with Crippen molar-refractivity contribution in [2.24, 2.45) is 0 Å². The number of hydrogen-bond acceptors (Lipinski definition) is 2. The summed E-state index contributed by atoms with van der Waals surface area (Å²) < 4.78 is 0.660. The summed E-state index contributed by atoms with van der Waals surface area (Å²) >= 11 is 10.2. The molecule has 0 aromatic heterocycles. The molecule has 0 amide bonds. The van der Waals surface area contributed by atoms with Gasteiger partial charge >= 0.3 is 58.2 Å². The van der Waals surface area contributed by atoms with Gasteiger partial charge in [-0.3, -0.25) is 0 Å². The standard InChI is InChI=1S/C13H27NS2.Rb/c1-3-5-7-9-11-14(13(15)16)12-10-8-6-4-2;/h3-12H2,1-2H3,(H,15,16);/q;+1/p-1. The third-order valence-corrected chi connectivity index (χ3v) is 3.34. The van der Waals surface area contributed by atoms with E-state index in [0.29, 0.717) is 4.32 Å². The van der Waals surface area contributed by atoms with Gasteiger partial charge in [0.05, 0.1) is 0 Å². The van der Waals surface area contributed by atoms with Crippen LogP contribution in [0.2, 0.25) is 0 Å². The summed E-state index contributed by atoms with van der Waals surface area (Å²) in [6, 6.07) is 0. The Morgan fingerprint density at radius 2 is 1.29 bits per heavy atom. The van der Waals surface area contributed by atoms with E-state index in [9.17, 15) is 0 Å². The zero-order chi connectivity index (χ0) is 12.2. The Hall–Kier alpha value is 1.92. The van der Waals surface area contributed by atoms with E-state index in [2.05, 4.69) is 18.7 Å². The third kappa shape index (κ3) is 14.1. The van der Waals surface area contributed by atoms with E-state index in [-0.39, 0.29) is 58.2 Å². The number of nitrogens with zero attached hydrogens (tertiary/aromatic N) is 1. The van der Waals surface area contributed by atoms with Crippen molar-refractivity contribution in [3.8, 4) is 0 Å². The first-order chi connectivity index (χ1) is 7.72. The normalized spacial score (nSPS) is 9.76. The molecule has 17 heavy (non-hydrogen) atoms. The van der Waals surface area contributed by atoms with Gasteiger partial charge in [-0.2, -0.15) is 0 Å². The van der Waals surface area contributed by atoms with Crippen LogP contribution in [0.4, 0.5) is 0 Å². The maximum absolute atomic E-state index is 5.11. The van der Waals surface area contributed by atoms with Crippen LogP contribution in [-0.2, 0) is 12.6 Å². The van der Waals surface area contributed by atoms with Gasteiger partial charge in [-0.25, -0.2) is 0 Å². The molecule has 0 saturated carbocycles. The maximum Gasteiger partial charge on any atom is 1.00 e. The largest absolute Gasteiger partial charge is 1.00 e. The molecule has 1 nitrogen and oxygen atoms in total. The van der Waals surface area contributed by atoms with Crippen LogP contribution in [0.3, 0.4) is 0 Å². The molecule has 0 saturated heterocycles. The van der Waals surface area contributed by atoms with Crippen molar-refractivity contribution in [2.75, 3.05) is 13.1 Å². The summed E-state index contributed by atoms with van der Waals surface area (Å²) in [7, 11) is 0.